The standard InChI is InChI=1S/C8H4BrClF5NO3S/c9-1-3-5(20(10,17)18)4(6(11)12)2-16-7(3)19-8(13,14)15/h2,6H,1H2. The Morgan fingerprint density at radius 2 is 1.95 bits per heavy atom. The van der Waals surface area contributed by atoms with E-state index in [1.807, 2.05) is 0 Å². The normalized spacial score (nSPS) is 12.8. The summed E-state index contributed by atoms with van der Waals surface area (Å²) in [6.07, 6.45) is -8.18. The topological polar surface area (TPSA) is 56.3 Å². The summed E-state index contributed by atoms with van der Waals surface area (Å²) in [5.41, 5.74) is -1.85. The van der Waals surface area contributed by atoms with Crippen molar-refractivity contribution in [3.63, 3.8) is 0 Å². The Morgan fingerprint density at radius 3 is 2.30 bits per heavy atom. The van der Waals surface area contributed by atoms with Gasteiger partial charge in [-0.05, 0) is 0 Å². The predicted molar refractivity (Wildman–Crippen MR) is 61.5 cm³/mol. The van der Waals surface area contributed by atoms with Crippen LogP contribution in [0.25, 0.3) is 0 Å². The van der Waals surface area contributed by atoms with Gasteiger partial charge in [-0.25, -0.2) is 22.2 Å². The van der Waals surface area contributed by atoms with E-state index < -0.39 is 49.1 Å². The molecule has 0 radical (unpaired) electrons. The lowest BCUT2D eigenvalue weighted by Gasteiger charge is -2.15. The molecule has 20 heavy (non-hydrogen) atoms. The summed E-state index contributed by atoms with van der Waals surface area (Å²) in [5, 5.41) is -0.534. The lowest BCUT2D eigenvalue weighted by molar-refractivity contribution is -0.276. The van der Waals surface area contributed by atoms with E-state index in [0.717, 1.165) is 0 Å². The molecule has 0 bridgehead atoms. The SMILES string of the molecule is O=S(=O)(Cl)c1c(C(F)F)cnc(OC(F)(F)F)c1CBr. The number of halogens is 7. The molecule has 114 valence electrons. The van der Waals surface area contributed by atoms with Gasteiger partial charge in [-0.15, -0.1) is 13.2 Å². The number of aromatic nitrogens is 1. The molecular formula is C8H4BrClF5NO3S. The summed E-state index contributed by atoms with van der Waals surface area (Å²) >= 11 is 2.69. The highest BCUT2D eigenvalue weighted by atomic mass is 79.9. The molecule has 1 rings (SSSR count). The van der Waals surface area contributed by atoms with Crippen LogP contribution in [0.1, 0.15) is 17.6 Å². The Morgan fingerprint density at radius 1 is 1.40 bits per heavy atom. The molecule has 0 amide bonds. The smallest absolute Gasteiger partial charge is 0.388 e. The first-order valence-electron chi connectivity index (χ1n) is 4.53. The summed E-state index contributed by atoms with van der Waals surface area (Å²) in [6, 6.07) is 0. The molecule has 1 aromatic rings. The lowest BCUT2D eigenvalue weighted by Crippen LogP contribution is -2.20. The molecule has 0 aliphatic rings. The van der Waals surface area contributed by atoms with Crippen LogP contribution in [0.3, 0.4) is 0 Å². The monoisotopic (exact) mass is 403 g/mol. The first-order valence-corrected chi connectivity index (χ1v) is 7.96. The summed E-state index contributed by atoms with van der Waals surface area (Å²) < 4.78 is 87.9. The number of ether oxygens (including phenoxy) is 1. The van der Waals surface area contributed by atoms with E-state index in [-0.39, 0.29) is 6.20 Å². The molecule has 12 heteroatoms. The summed E-state index contributed by atoms with van der Waals surface area (Å²) in [6.45, 7) is 0. The van der Waals surface area contributed by atoms with Gasteiger partial charge >= 0.3 is 6.36 Å². The van der Waals surface area contributed by atoms with Gasteiger partial charge in [-0.3, -0.25) is 0 Å². The van der Waals surface area contributed by atoms with Crippen molar-refractivity contribution in [2.45, 2.75) is 23.0 Å². The van der Waals surface area contributed by atoms with Crippen LogP contribution in [0.15, 0.2) is 11.1 Å². The Bertz CT molecular complexity index is 607. The Balaban J connectivity index is 3.62. The van der Waals surface area contributed by atoms with Gasteiger partial charge in [0.25, 0.3) is 15.5 Å². The van der Waals surface area contributed by atoms with Gasteiger partial charge in [0.15, 0.2) is 0 Å². The molecule has 1 aromatic heterocycles. The highest BCUT2D eigenvalue weighted by molar-refractivity contribution is 9.08. The zero-order chi connectivity index (χ0) is 15.7. The Hall–Kier alpha value is -0.680. The van der Waals surface area contributed by atoms with Crippen LogP contribution in [-0.2, 0) is 14.4 Å². The molecule has 0 atom stereocenters. The first kappa shape index (κ1) is 17.4. The average molecular weight is 405 g/mol. The van der Waals surface area contributed by atoms with Crippen LogP contribution in [-0.4, -0.2) is 19.8 Å². The molecular weight excluding hydrogens is 401 g/mol. The van der Waals surface area contributed by atoms with Gasteiger partial charge in [0, 0.05) is 27.8 Å². The maximum absolute atomic E-state index is 12.7. The average Bonchev–Trinajstić information content (AvgIpc) is 2.24. The van der Waals surface area contributed by atoms with Crippen molar-refractivity contribution in [1.82, 2.24) is 4.98 Å². The summed E-state index contributed by atoms with van der Waals surface area (Å²) in [4.78, 5) is 1.90. The van der Waals surface area contributed by atoms with Crippen LogP contribution in [0.2, 0.25) is 0 Å². The molecule has 0 aliphatic carbocycles. The Labute approximate surface area is 122 Å². The number of rotatable bonds is 4. The van der Waals surface area contributed by atoms with Gasteiger partial charge in [-0.1, -0.05) is 15.9 Å². The quantitative estimate of drug-likeness (QED) is 0.436. The van der Waals surface area contributed by atoms with Crippen LogP contribution in [0.5, 0.6) is 5.88 Å². The van der Waals surface area contributed by atoms with E-state index in [4.69, 9.17) is 10.7 Å². The molecule has 0 aromatic carbocycles. The Kier molecular flexibility index (Phi) is 5.19. The molecule has 0 fully saturated rings. The van der Waals surface area contributed by atoms with E-state index in [9.17, 15) is 30.4 Å². The van der Waals surface area contributed by atoms with Crippen LogP contribution in [0, 0.1) is 0 Å². The van der Waals surface area contributed by atoms with Gasteiger partial charge in [0.1, 0.15) is 4.90 Å². The van der Waals surface area contributed by atoms with Crippen LogP contribution in [0.4, 0.5) is 22.0 Å². The minimum absolute atomic E-state index is 0.271. The highest BCUT2D eigenvalue weighted by Crippen LogP contribution is 2.37. The van der Waals surface area contributed by atoms with E-state index in [0.29, 0.717) is 0 Å². The minimum atomic E-state index is -5.16. The van der Waals surface area contributed by atoms with E-state index in [1.165, 1.54) is 0 Å². The number of hydrogen-bond acceptors (Lipinski definition) is 4. The van der Waals surface area contributed by atoms with E-state index in [2.05, 4.69) is 25.7 Å². The van der Waals surface area contributed by atoms with Crippen LogP contribution >= 0.6 is 26.6 Å². The number of pyridine rings is 1. The molecule has 0 N–H and O–H groups in total. The van der Waals surface area contributed by atoms with Gasteiger partial charge < -0.3 is 4.74 Å². The van der Waals surface area contributed by atoms with Gasteiger partial charge in [0.05, 0.1) is 5.56 Å². The van der Waals surface area contributed by atoms with Gasteiger partial charge in [0.2, 0.25) is 5.88 Å². The second-order valence-electron chi connectivity index (χ2n) is 3.25. The second-order valence-corrected chi connectivity index (χ2v) is 6.31. The zero-order valence-electron chi connectivity index (χ0n) is 9.09. The number of alkyl halides is 6. The number of nitrogens with zero attached hydrogens (tertiary/aromatic N) is 1. The molecule has 0 saturated heterocycles. The van der Waals surface area contributed by atoms with E-state index >= 15 is 0 Å². The number of hydrogen-bond donors (Lipinski definition) is 0. The molecule has 1 heterocycles. The van der Waals surface area contributed by atoms with Crippen molar-refractivity contribution >= 4 is 35.7 Å². The highest BCUT2D eigenvalue weighted by Gasteiger charge is 2.36. The second kappa shape index (κ2) is 5.98. The lowest BCUT2D eigenvalue weighted by atomic mass is 10.2. The fraction of sp³-hybridized carbons (Fsp3) is 0.375. The van der Waals surface area contributed by atoms with Crippen molar-refractivity contribution < 1.29 is 35.1 Å². The third-order valence-corrected chi connectivity index (χ3v) is 3.93. The molecule has 4 nitrogen and oxygen atoms in total. The van der Waals surface area contributed by atoms with Crippen molar-refractivity contribution in [1.29, 1.82) is 0 Å². The largest absolute Gasteiger partial charge is 0.574 e. The molecule has 0 unspecified atom stereocenters. The van der Waals surface area contributed by atoms with E-state index in [1.54, 1.807) is 0 Å². The van der Waals surface area contributed by atoms with Crippen molar-refractivity contribution in [2.24, 2.45) is 0 Å². The fourth-order valence-electron chi connectivity index (χ4n) is 1.29. The van der Waals surface area contributed by atoms with Gasteiger partial charge in [-0.2, -0.15) is 0 Å². The van der Waals surface area contributed by atoms with Crippen molar-refractivity contribution in [2.75, 3.05) is 0 Å². The van der Waals surface area contributed by atoms with Crippen molar-refractivity contribution in [3.8, 4) is 5.88 Å². The summed E-state index contributed by atoms with van der Waals surface area (Å²) in [5.74, 6) is -1.17. The predicted octanol–water partition coefficient (Wildman–Crippen LogP) is 3.74. The zero-order valence-corrected chi connectivity index (χ0v) is 12.2. The third kappa shape index (κ3) is 4.16. The minimum Gasteiger partial charge on any atom is -0.388 e. The first-order chi connectivity index (χ1) is 8.97. The fourth-order valence-corrected chi connectivity index (χ4v) is 3.42. The van der Waals surface area contributed by atoms with Crippen molar-refractivity contribution in [3.05, 3.63) is 17.3 Å². The maximum Gasteiger partial charge on any atom is 0.574 e. The maximum atomic E-state index is 12.7. The summed E-state index contributed by atoms with van der Waals surface area (Å²) in [7, 11) is 0.264. The third-order valence-electron chi connectivity index (χ3n) is 1.94. The van der Waals surface area contributed by atoms with Crippen LogP contribution < -0.4 is 4.74 Å². The molecule has 0 saturated carbocycles. The molecule has 0 aliphatic heterocycles. The molecule has 0 spiro atoms.